The molecule has 0 aliphatic carbocycles. The Morgan fingerprint density at radius 2 is 1.76 bits per heavy atom. The molecule has 0 atom stereocenters. The van der Waals surface area contributed by atoms with Crippen LogP contribution < -0.4 is 20.5 Å². The largest absolute Gasteiger partial charge is 0.490 e. The third-order valence-electron chi connectivity index (χ3n) is 3.62. The minimum absolute atomic E-state index is 0.214. The molecule has 5 nitrogen and oxygen atoms in total. The van der Waals surface area contributed by atoms with Crippen molar-refractivity contribution in [2.45, 2.75) is 12.8 Å². The topological polar surface area (TPSA) is 68.9 Å². The number of halogens is 2. The molecule has 1 aliphatic heterocycles. The number of nitrogens with zero attached hydrogens (tertiary/aromatic N) is 1. The van der Waals surface area contributed by atoms with Gasteiger partial charge in [-0.1, -0.05) is 0 Å². The zero-order chi connectivity index (χ0) is 17.6. The van der Waals surface area contributed by atoms with E-state index in [2.05, 4.69) is 10.3 Å². The highest BCUT2D eigenvalue weighted by molar-refractivity contribution is 5.92. The summed E-state index contributed by atoms with van der Waals surface area (Å²) < 4.78 is 37.4. The summed E-state index contributed by atoms with van der Waals surface area (Å²) in [4.78, 5) is 4.17. The van der Waals surface area contributed by atoms with Crippen molar-refractivity contribution in [3.8, 4) is 11.5 Å². The molecule has 25 heavy (non-hydrogen) atoms. The van der Waals surface area contributed by atoms with Crippen LogP contribution in [0, 0.1) is 11.6 Å². The first-order chi connectivity index (χ1) is 12.1. The van der Waals surface area contributed by atoms with Crippen LogP contribution in [0.5, 0.6) is 11.5 Å². The quantitative estimate of drug-likeness (QED) is 0.659. The fraction of sp³-hybridized carbons (Fsp3) is 0.278. The molecule has 1 heterocycles. The van der Waals surface area contributed by atoms with E-state index in [1.165, 1.54) is 12.1 Å². The third-order valence-corrected chi connectivity index (χ3v) is 3.62. The van der Waals surface area contributed by atoms with Crippen LogP contribution in [0.15, 0.2) is 41.4 Å². The monoisotopic (exact) mass is 347 g/mol. The maximum atomic E-state index is 13.1. The van der Waals surface area contributed by atoms with E-state index in [1.54, 1.807) is 6.07 Å². The molecule has 132 valence electrons. The summed E-state index contributed by atoms with van der Waals surface area (Å²) in [5.74, 6) is 0.373. The number of nitrogens with one attached hydrogen (secondary N) is 1. The number of fused-ring (bicyclic) bond motifs is 1. The average Bonchev–Trinajstić information content (AvgIpc) is 2.79. The summed E-state index contributed by atoms with van der Waals surface area (Å²) in [6, 6.07) is 8.83. The van der Waals surface area contributed by atoms with Crippen LogP contribution in [0.1, 0.15) is 12.0 Å². The van der Waals surface area contributed by atoms with E-state index in [0.717, 1.165) is 18.2 Å². The average molecular weight is 347 g/mol. The zero-order valence-electron chi connectivity index (χ0n) is 13.6. The first-order valence-corrected chi connectivity index (χ1v) is 8.02. The number of ether oxygens (including phenoxy) is 2. The number of aliphatic imine (C=N–C) groups is 1. The summed E-state index contributed by atoms with van der Waals surface area (Å²) >= 11 is 0. The molecule has 7 heteroatoms. The van der Waals surface area contributed by atoms with Crippen molar-refractivity contribution in [1.82, 2.24) is 0 Å². The molecular formula is C18H19F2N3O2. The van der Waals surface area contributed by atoms with Gasteiger partial charge in [0.2, 0.25) is 0 Å². The summed E-state index contributed by atoms with van der Waals surface area (Å²) in [6.45, 7) is 1.54. The lowest BCUT2D eigenvalue weighted by molar-refractivity contribution is 0.297. The van der Waals surface area contributed by atoms with Crippen molar-refractivity contribution in [3.05, 3.63) is 53.6 Å². The van der Waals surface area contributed by atoms with Crippen LogP contribution in [0.2, 0.25) is 0 Å². The van der Waals surface area contributed by atoms with E-state index in [1.807, 2.05) is 12.1 Å². The van der Waals surface area contributed by atoms with Gasteiger partial charge in [0.25, 0.3) is 0 Å². The number of hydrogen-bond acceptors (Lipinski definition) is 3. The minimum Gasteiger partial charge on any atom is -0.490 e. The molecular weight excluding hydrogens is 328 g/mol. The third kappa shape index (κ3) is 4.82. The zero-order valence-corrected chi connectivity index (χ0v) is 13.6. The van der Waals surface area contributed by atoms with Gasteiger partial charge in [0.1, 0.15) is 11.6 Å². The molecule has 0 unspecified atom stereocenters. The Morgan fingerprint density at radius 1 is 1.04 bits per heavy atom. The Kier molecular flexibility index (Phi) is 5.33. The predicted molar refractivity (Wildman–Crippen MR) is 92.2 cm³/mol. The second-order valence-corrected chi connectivity index (χ2v) is 5.63. The summed E-state index contributed by atoms with van der Waals surface area (Å²) in [5, 5.41) is 2.97. The van der Waals surface area contributed by atoms with Gasteiger partial charge in [-0.3, -0.25) is 4.99 Å². The van der Waals surface area contributed by atoms with Crippen LogP contribution in [0.3, 0.4) is 0 Å². The maximum Gasteiger partial charge on any atom is 0.193 e. The summed E-state index contributed by atoms with van der Waals surface area (Å²) in [7, 11) is 0. The van der Waals surface area contributed by atoms with Gasteiger partial charge in [-0.2, -0.15) is 0 Å². The second-order valence-electron chi connectivity index (χ2n) is 5.63. The molecule has 2 aromatic carbocycles. The molecule has 0 saturated carbocycles. The fourth-order valence-electron chi connectivity index (χ4n) is 2.49. The van der Waals surface area contributed by atoms with Gasteiger partial charge in [-0.25, -0.2) is 8.78 Å². The predicted octanol–water partition coefficient (Wildman–Crippen LogP) is 3.10. The number of anilines is 1. The molecule has 0 radical (unpaired) electrons. The van der Waals surface area contributed by atoms with Crippen molar-refractivity contribution in [3.63, 3.8) is 0 Å². The Labute approximate surface area is 144 Å². The number of guanidine groups is 1. The van der Waals surface area contributed by atoms with E-state index >= 15 is 0 Å². The molecule has 0 fully saturated rings. The highest BCUT2D eigenvalue weighted by Crippen LogP contribution is 2.32. The van der Waals surface area contributed by atoms with Crippen LogP contribution in [-0.4, -0.2) is 25.7 Å². The minimum atomic E-state index is -0.600. The standard InChI is InChI=1S/C18H19F2N3O2/c19-13-8-12(9-14(20)10-13)4-5-22-18(21)23-15-2-3-16-17(11-15)25-7-1-6-24-16/h2-3,8-11H,1,4-7H2,(H3,21,22,23). The molecule has 2 aromatic rings. The SMILES string of the molecule is NC(=NCCc1cc(F)cc(F)c1)Nc1ccc2c(c1)OCCCO2. The molecule has 0 spiro atoms. The van der Waals surface area contributed by atoms with Crippen molar-refractivity contribution < 1.29 is 18.3 Å². The Bertz CT molecular complexity index is 761. The van der Waals surface area contributed by atoms with Crippen molar-refractivity contribution >= 4 is 11.6 Å². The second kappa shape index (κ2) is 7.83. The fourth-order valence-corrected chi connectivity index (χ4v) is 2.49. The summed E-state index contributed by atoms with van der Waals surface area (Å²) in [6.07, 6.45) is 1.22. The Balaban J connectivity index is 1.59. The van der Waals surface area contributed by atoms with Gasteiger partial charge >= 0.3 is 0 Å². The van der Waals surface area contributed by atoms with E-state index in [0.29, 0.717) is 43.2 Å². The lowest BCUT2D eigenvalue weighted by atomic mass is 10.1. The smallest absolute Gasteiger partial charge is 0.193 e. The van der Waals surface area contributed by atoms with Crippen LogP contribution in [0.4, 0.5) is 14.5 Å². The van der Waals surface area contributed by atoms with Crippen LogP contribution in [-0.2, 0) is 6.42 Å². The van der Waals surface area contributed by atoms with E-state index in [-0.39, 0.29) is 5.96 Å². The van der Waals surface area contributed by atoms with E-state index in [9.17, 15) is 8.78 Å². The normalized spacial score (nSPS) is 14.1. The number of benzene rings is 2. The van der Waals surface area contributed by atoms with E-state index < -0.39 is 11.6 Å². The highest BCUT2D eigenvalue weighted by atomic mass is 19.1. The Hall–Kier alpha value is -2.83. The number of rotatable bonds is 4. The van der Waals surface area contributed by atoms with Gasteiger partial charge in [0.05, 0.1) is 13.2 Å². The molecule has 3 N–H and O–H groups in total. The van der Waals surface area contributed by atoms with Gasteiger partial charge < -0.3 is 20.5 Å². The lowest BCUT2D eigenvalue weighted by Gasteiger charge is -2.10. The van der Waals surface area contributed by atoms with Crippen molar-refractivity contribution in [2.24, 2.45) is 10.7 Å². The maximum absolute atomic E-state index is 13.1. The molecule has 0 bridgehead atoms. The van der Waals surface area contributed by atoms with Gasteiger partial charge in [-0.05, 0) is 36.2 Å². The van der Waals surface area contributed by atoms with Crippen molar-refractivity contribution in [2.75, 3.05) is 25.1 Å². The van der Waals surface area contributed by atoms with Crippen LogP contribution in [0.25, 0.3) is 0 Å². The first-order valence-electron chi connectivity index (χ1n) is 8.02. The van der Waals surface area contributed by atoms with Gasteiger partial charge in [0, 0.05) is 30.8 Å². The van der Waals surface area contributed by atoms with Gasteiger partial charge in [-0.15, -0.1) is 0 Å². The summed E-state index contributed by atoms with van der Waals surface area (Å²) in [5.41, 5.74) is 7.11. The molecule has 3 rings (SSSR count). The first kappa shape index (κ1) is 17.0. The van der Waals surface area contributed by atoms with Crippen LogP contribution >= 0.6 is 0 Å². The molecule has 0 saturated heterocycles. The Morgan fingerprint density at radius 3 is 2.52 bits per heavy atom. The highest BCUT2D eigenvalue weighted by Gasteiger charge is 2.10. The molecule has 0 amide bonds. The molecule has 0 aromatic heterocycles. The lowest BCUT2D eigenvalue weighted by Crippen LogP contribution is -2.23. The number of nitrogens with two attached hydrogens (primary N) is 1. The van der Waals surface area contributed by atoms with Gasteiger partial charge in [0.15, 0.2) is 17.5 Å². The van der Waals surface area contributed by atoms with Crippen molar-refractivity contribution in [1.29, 1.82) is 0 Å². The molecule has 1 aliphatic rings. The number of hydrogen-bond donors (Lipinski definition) is 2. The van der Waals surface area contributed by atoms with E-state index in [4.69, 9.17) is 15.2 Å².